The molecule has 4 aromatic carbocycles. The molecule has 0 spiro atoms. The molecule has 1 unspecified atom stereocenters. The number of amides is 3. The van der Waals surface area contributed by atoms with Gasteiger partial charge >= 0.3 is 0 Å². The molecule has 0 radical (unpaired) electrons. The van der Waals surface area contributed by atoms with Gasteiger partial charge in [0, 0.05) is 37.7 Å². The first-order valence-corrected chi connectivity index (χ1v) is 16.4. The maximum Gasteiger partial charge on any atom is 0.272 e. The Bertz CT molecular complexity index is 1880. The number of nitrogens with one attached hydrogen (secondary N) is 3. The summed E-state index contributed by atoms with van der Waals surface area (Å²) in [4.78, 5) is 44.8. The van der Waals surface area contributed by atoms with E-state index in [0.29, 0.717) is 27.8 Å². The Hall–Kier alpha value is -4.77. The lowest BCUT2D eigenvalue weighted by Gasteiger charge is -2.15. The summed E-state index contributed by atoms with van der Waals surface area (Å²) in [5.41, 5.74) is 2.42. The van der Waals surface area contributed by atoms with E-state index < -0.39 is 22.9 Å². The minimum Gasteiger partial charge on any atom is -0.321 e. The molecular formula is C35H28ClFN4O3S2. The third-order valence-electron chi connectivity index (χ3n) is 6.64. The van der Waals surface area contributed by atoms with Gasteiger partial charge in [0.15, 0.2) is 5.13 Å². The van der Waals surface area contributed by atoms with Crippen LogP contribution in [0.3, 0.4) is 0 Å². The number of aromatic nitrogens is 1. The van der Waals surface area contributed by atoms with Gasteiger partial charge in [-0.1, -0.05) is 73.1 Å². The molecular weight excluding hydrogens is 643 g/mol. The van der Waals surface area contributed by atoms with E-state index in [-0.39, 0.29) is 17.2 Å². The van der Waals surface area contributed by atoms with Crippen molar-refractivity contribution in [2.75, 3.05) is 10.6 Å². The van der Waals surface area contributed by atoms with Crippen LogP contribution in [0, 0.1) is 5.82 Å². The summed E-state index contributed by atoms with van der Waals surface area (Å²) in [6.45, 7) is 1.92. The number of nitrogens with zero attached hydrogens (tertiary/aromatic N) is 1. The number of thioether (sulfide) groups is 1. The van der Waals surface area contributed by atoms with E-state index in [4.69, 9.17) is 11.6 Å². The molecule has 0 saturated carbocycles. The number of carbonyl (C=O) groups is 3. The van der Waals surface area contributed by atoms with Crippen LogP contribution in [-0.4, -0.2) is 28.0 Å². The van der Waals surface area contributed by atoms with Gasteiger partial charge in [0.1, 0.15) is 11.5 Å². The van der Waals surface area contributed by atoms with Crippen molar-refractivity contribution < 1.29 is 18.8 Å². The van der Waals surface area contributed by atoms with Crippen molar-refractivity contribution in [3.05, 3.63) is 136 Å². The third kappa shape index (κ3) is 8.69. The van der Waals surface area contributed by atoms with Gasteiger partial charge in [-0.25, -0.2) is 9.37 Å². The zero-order chi connectivity index (χ0) is 32.5. The Morgan fingerprint density at radius 2 is 1.67 bits per heavy atom. The van der Waals surface area contributed by atoms with Gasteiger partial charge in [0.2, 0.25) is 5.91 Å². The van der Waals surface area contributed by atoms with E-state index in [1.807, 2.05) is 30.5 Å². The normalized spacial score (nSPS) is 11.8. The van der Waals surface area contributed by atoms with Gasteiger partial charge in [0.05, 0.1) is 10.9 Å². The molecule has 7 nitrogen and oxygen atoms in total. The number of thiazole rings is 1. The zero-order valence-corrected chi connectivity index (χ0v) is 26.9. The summed E-state index contributed by atoms with van der Waals surface area (Å²) in [7, 11) is 0. The summed E-state index contributed by atoms with van der Waals surface area (Å²) in [6, 6.07) is 28.7. The standard InChI is InChI=1S/C35H28ClFN4O3S2/c1-2-31(34(44)41-35-40-30(21-45-35)22-15-17-25(36)18-16-22)46-27-13-8-12-26(20-27)38-33(43)29(19-24-11-6-7-14-28(24)37)39-32(42)23-9-4-3-5-10-23/h3-21,31H,2H2,1H3,(H,38,43)(H,39,42)(H,40,41,44)/b29-19-. The Morgan fingerprint density at radius 1 is 0.935 bits per heavy atom. The maximum atomic E-state index is 14.5. The third-order valence-corrected chi connectivity index (χ3v) is 9.01. The maximum absolute atomic E-state index is 14.5. The van der Waals surface area contributed by atoms with Crippen molar-refractivity contribution in [3.63, 3.8) is 0 Å². The topological polar surface area (TPSA) is 100 Å². The molecule has 11 heteroatoms. The highest BCUT2D eigenvalue weighted by Gasteiger charge is 2.21. The molecule has 0 bridgehead atoms. The highest BCUT2D eigenvalue weighted by molar-refractivity contribution is 8.00. The average Bonchev–Trinajstić information content (AvgIpc) is 3.53. The number of benzene rings is 4. The Morgan fingerprint density at radius 3 is 2.41 bits per heavy atom. The lowest BCUT2D eigenvalue weighted by molar-refractivity contribution is -0.116. The zero-order valence-electron chi connectivity index (χ0n) is 24.5. The first-order valence-electron chi connectivity index (χ1n) is 14.2. The lowest BCUT2D eigenvalue weighted by atomic mass is 10.1. The number of carbonyl (C=O) groups excluding carboxylic acids is 3. The molecule has 3 amide bonds. The molecule has 1 aromatic heterocycles. The molecule has 5 rings (SSSR count). The summed E-state index contributed by atoms with van der Waals surface area (Å²) >= 11 is 8.67. The van der Waals surface area contributed by atoms with Gasteiger partial charge in [-0.2, -0.15) is 0 Å². The van der Waals surface area contributed by atoms with Gasteiger partial charge in [-0.05, 0) is 61.0 Å². The minimum atomic E-state index is -0.639. The molecule has 0 fully saturated rings. The SMILES string of the molecule is CCC(Sc1cccc(NC(=O)/C(=C/c2ccccc2F)NC(=O)c2ccccc2)c1)C(=O)Nc1nc(-c2ccc(Cl)cc2)cs1. The molecule has 1 heterocycles. The average molecular weight is 671 g/mol. The number of halogens is 2. The molecule has 0 aliphatic carbocycles. The molecule has 1 atom stereocenters. The van der Waals surface area contributed by atoms with Crippen molar-refractivity contribution >= 4 is 69.3 Å². The second-order valence-corrected chi connectivity index (χ2v) is 12.5. The van der Waals surface area contributed by atoms with E-state index in [9.17, 15) is 18.8 Å². The van der Waals surface area contributed by atoms with Gasteiger partial charge in [-0.3, -0.25) is 14.4 Å². The van der Waals surface area contributed by atoms with Gasteiger partial charge in [0.25, 0.3) is 11.8 Å². The fraction of sp³-hybridized carbons (Fsp3) is 0.0857. The Kier molecular flexibility index (Phi) is 11.0. The summed E-state index contributed by atoms with van der Waals surface area (Å²) in [5.74, 6) is -1.89. The second kappa shape index (κ2) is 15.5. The fourth-order valence-electron chi connectivity index (χ4n) is 4.29. The van der Waals surface area contributed by atoms with E-state index >= 15 is 0 Å². The summed E-state index contributed by atoms with van der Waals surface area (Å²) in [5, 5.41) is 10.9. The molecule has 0 aliphatic rings. The molecule has 46 heavy (non-hydrogen) atoms. The van der Waals surface area contributed by atoms with E-state index in [1.165, 1.54) is 47.4 Å². The van der Waals surface area contributed by atoms with Crippen LogP contribution in [0.1, 0.15) is 29.3 Å². The Labute approximate surface area is 278 Å². The van der Waals surface area contributed by atoms with Gasteiger partial charge in [-0.15, -0.1) is 23.1 Å². The first kappa shape index (κ1) is 32.6. The number of rotatable bonds is 11. The summed E-state index contributed by atoms with van der Waals surface area (Å²) < 4.78 is 14.5. The molecule has 0 aliphatic heterocycles. The quantitative estimate of drug-likeness (QED) is 0.0966. The second-order valence-electron chi connectivity index (χ2n) is 9.93. The highest BCUT2D eigenvalue weighted by atomic mass is 35.5. The number of hydrogen-bond donors (Lipinski definition) is 3. The van der Waals surface area contributed by atoms with Crippen LogP contribution in [-0.2, 0) is 9.59 Å². The van der Waals surface area contributed by atoms with Crippen LogP contribution >= 0.6 is 34.7 Å². The lowest BCUT2D eigenvalue weighted by Crippen LogP contribution is -2.30. The summed E-state index contributed by atoms with van der Waals surface area (Å²) in [6.07, 6.45) is 1.84. The van der Waals surface area contributed by atoms with Crippen LogP contribution in [0.25, 0.3) is 17.3 Å². The first-order chi connectivity index (χ1) is 22.3. The van der Waals surface area contributed by atoms with Crippen molar-refractivity contribution in [2.45, 2.75) is 23.5 Å². The van der Waals surface area contributed by atoms with Crippen LogP contribution in [0.4, 0.5) is 15.2 Å². The highest BCUT2D eigenvalue weighted by Crippen LogP contribution is 2.30. The van der Waals surface area contributed by atoms with Crippen LogP contribution in [0.15, 0.2) is 119 Å². The molecule has 232 valence electrons. The molecule has 3 N–H and O–H groups in total. The van der Waals surface area contributed by atoms with E-state index in [2.05, 4.69) is 20.9 Å². The monoisotopic (exact) mass is 670 g/mol. The van der Waals surface area contributed by atoms with Crippen molar-refractivity contribution in [2.24, 2.45) is 0 Å². The molecule has 0 saturated heterocycles. The van der Waals surface area contributed by atoms with Gasteiger partial charge < -0.3 is 16.0 Å². The predicted molar refractivity (Wildman–Crippen MR) is 184 cm³/mol. The Balaban J connectivity index is 1.28. The van der Waals surface area contributed by atoms with Crippen LogP contribution in [0.5, 0.6) is 0 Å². The fourth-order valence-corrected chi connectivity index (χ4v) is 6.15. The van der Waals surface area contributed by atoms with Crippen molar-refractivity contribution in [1.29, 1.82) is 0 Å². The smallest absolute Gasteiger partial charge is 0.272 e. The van der Waals surface area contributed by atoms with Crippen molar-refractivity contribution in [3.8, 4) is 11.3 Å². The van der Waals surface area contributed by atoms with E-state index in [1.54, 1.807) is 66.7 Å². The number of anilines is 2. The van der Waals surface area contributed by atoms with Crippen LogP contribution in [0.2, 0.25) is 5.02 Å². The largest absolute Gasteiger partial charge is 0.321 e. The minimum absolute atomic E-state index is 0.135. The number of hydrogen-bond acceptors (Lipinski definition) is 6. The predicted octanol–water partition coefficient (Wildman–Crippen LogP) is 8.52. The van der Waals surface area contributed by atoms with Crippen LogP contribution < -0.4 is 16.0 Å². The molecule has 5 aromatic rings. The van der Waals surface area contributed by atoms with Crippen molar-refractivity contribution in [1.82, 2.24) is 10.3 Å². The van der Waals surface area contributed by atoms with E-state index in [0.717, 1.165) is 16.2 Å².